The molecule has 1 aromatic carbocycles. The molecule has 1 aliphatic rings. The SMILES string of the molecule is CCc1ccc(N2C(=S)N[C@H](c3ccccn3)[C@@H]2c2ccc(C)s2)cc1. The molecule has 2 atom stereocenters. The standard InChI is InChI=1S/C21H21N3S2/c1-3-15-8-10-16(11-9-15)24-20(18-12-7-14(2)26-18)19(23-21(24)25)17-6-4-5-13-22-17/h4-13,19-20H,3H2,1-2H3,(H,23,25)/t19-,20+/m1/s1. The third-order valence-corrected chi connectivity index (χ3v) is 6.16. The zero-order chi connectivity index (χ0) is 18.1. The molecule has 26 heavy (non-hydrogen) atoms. The minimum atomic E-state index is 0.0348. The van der Waals surface area contributed by atoms with Gasteiger partial charge < -0.3 is 10.2 Å². The van der Waals surface area contributed by atoms with Gasteiger partial charge in [-0.2, -0.15) is 0 Å². The summed E-state index contributed by atoms with van der Waals surface area (Å²) in [4.78, 5) is 9.43. The molecule has 4 rings (SSSR count). The molecule has 0 bridgehead atoms. The molecular formula is C21H21N3S2. The molecule has 2 aromatic heterocycles. The van der Waals surface area contributed by atoms with E-state index in [0.29, 0.717) is 0 Å². The predicted molar refractivity (Wildman–Crippen MR) is 113 cm³/mol. The first kappa shape index (κ1) is 17.2. The fraction of sp³-hybridized carbons (Fsp3) is 0.238. The zero-order valence-corrected chi connectivity index (χ0v) is 16.5. The normalized spacial score (nSPS) is 19.6. The lowest BCUT2D eigenvalue weighted by Gasteiger charge is -2.27. The van der Waals surface area contributed by atoms with Crippen LogP contribution in [0, 0.1) is 6.92 Å². The summed E-state index contributed by atoms with van der Waals surface area (Å²) in [7, 11) is 0. The number of nitrogens with zero attached hydrogens (tertiary/aromatic N) is 2. The lowest BCUT2D eigenvalue weighted by molar-refractivity contribution is 0.575. The van der Waals surface area contributed by atoms with Gasteiger partial charge in [0.15, 0.2) is 5.11 Å². The van der Waals surface area contributed by atoms with Gasteiger partial charge in [0, 0.05) is 21.6 Å². The Bertz CT molecular complexity index is 903. The van der Waals surface area contributed by atoms with E-state index >= 15 is 0 Å². The third-order valence-electron chi connectivity index (χ3n) is 4.77. The van der Waals surface area contributed by atoms with Crippen molar-refractivity contribution in [3.05, 3.63) is 81.8 Å². The zero-order valence-electron chi connectivity index (χ0n) is 14.8. The topological polar surface area (TPSA) is 28.2 Å². The van der Waals surface area contributed by atoms with Crippen LogP contribution in [0.1, 0.15) is 40.0 Å². The summed E-state index contributed by atoms with van der Waals surface area (Å²) in [5.41, 5.74) is 3.46. The minimum Gasteiger partial charge on any atom is -0.351 e. The molecule has 1 saturated heterocycles. The number of aromatic nitrogens is 1. The summed E-state index contributed by atoms with van der Waals surface area (Å²) in [6.07, 6.45) is 2.88. The maximum Gasteiger partial charge on any atom is 0.174 e. The van der Waals surface area contributed by atoms with Crippen LogP contribution in [-0.2, 0) is 6.42 Å². The molecule has 5 heteroatoms. The van der Waals surface area contributed by atoms with E-state index < -0.39 is 0 Å². The highest BCUT2D eigenvalue weighted by Gasteiger charge is 2.41. The van der Waals surface area contributed by atoms with Gasteiger partial charge in [0.1, 0.15) is 0 Å². The van der Waals surface area contributed by atoms with Crippen LogP contribution in [0.15, 0.2) is 60.8 Å². The van der Waals surface area contributed by atoms with E-state index in [-0.39, 0.29) is 12.1 Å². The predicted octanol–water partition coefficient (Wildman–Crippen LogP) is 5.19. The van der Waals surface area contributed by atoms with Crippen LogP contribution in [0.25, 0.3) is 0 Å². The van der Waals surface area contributed by atoms with E-state index in [9.17, 15) is 0 Å². The molecule has 0 saturated carbocycles. The number of nitrogens with one attached hydrogen (secondary N) is 1. The van der Waals surface area contributed by atoms with Crippen molar-refractivity contribution in [2.75, 3.05) is 4.90 Å². The molecule has 1 aliphatic heterocycles. The highest BCUT2D eigenvalue weighted by Crippen LogP contribution is 2.43. The van der Waals surface area contributed by atoms with E-state index in [1.165, 1.54) is 15.3 Å². The van der Waals surface area contributed by atoms with Crippen molar-refractivity contribution in [1.82, 2.24) is 10.3 Å². The van der Waals surface area contributed by atoms with Gasteiger partial charge in [-0.3, -0.25) is 4.98 Å². The molecule has 1 N–H and O–H groups in total. The number of pyridine rings is 1. The Morgan fingerprint density at radius 3 is 2.54 bits per heavy atom. The van der Waals surface area contributed by atoms with Crippen LogP contribution in [0.5, 0.6) is 0 Å². The van der Waals surface area contributed by atoms with Crippen LogP contribution < -0.4 is 10.2 Å². The van der Waals surface area contributed by atoms with Crippen molar-refractivity contribution in [1.29, 1.82) is 0 Å². The molecule has 0 spiro atoms. The Balaban J connectivity index is 1.79. The van der Waals surface area contributed by atoms with Gasteiger partial charge >= 0.3 is 0 Å². The van der Waals surface area contributed by atoms with E-state index in [4.69, 9.17) is 12.2 Å². The minimum absolute atomic E-state index is 0.0348. The Kier molecular flexibility index (Phi) is 4.74. The first-order valence-electron chi connectivity index (χ1n) is 8.83. The Labute approximate surface area is 163 Å². The lowest BCUT2D eigenvalue weighted by Crippen LogP contribution is -2.29. The molecule has 0 radical (unpaired) electrons. The van der Waals surface area contributed by atoms with Gasteiger partial charge in [0.2, 0.25) is 0 Å². The molecule has 3 nitrogen and oxygen atoms in total. The van der Waals surface area contributed by atoms with E-state index in [1.807, 2.05) is 29.7 Å². The molecule has 0 unspecified atom stereocenters. The second kappa shape index (κ2) is 7.17. The smallest absolute Gasteiger partial charge is 0.174 e. The molecule has 1 fully saturated rings. The second-order valence-electron chi connectivity index (χ2n) is 6.47. The van der Waals surface area contributed by atoms with Crippen molar-refractivity contribution in [3.63, 3.8) is 0 Å². The Hall–Kier alpha value is -2.24. The highest BCUT2D eigenvalue weighted by atomic mass is 32.1. The summed E-state index contributed by atoms with van der Waals surface area (Å²) in [5, 5.41) is 4.26. The molecule has 0 aliphatic carbocycles. The van der Waals surface area contributed by atoms with Gasteiger partial charge in [-0.15, -0.1) is 11.3 Å². The number of thiocarbonyl (C=S) groups is 1. The number of hydrogen-bond donors (Lipinski definition) is 1. The molecule has 3 heterocycles. The fourth-order valence-corrected chi connectivity index (χ4v) is 4.78. The second-order valence-corrected chi connectivity index (χ2v) is 8.17. The summed E-state index contributed by atoms with van der Waals surface area (Å²) in [6.45, 7) is 4.32. The lowest BCUT2D eigenvalue weighted by atomic mass is 10.0. The summed E-state index contributed by atoms with van der Waals surface area (Å²) in [5.74, 6) is 0. The van der Waals surface area contributed by atoms with Crippen molar-refractivity contribution in [2.24, 2.45) is 0 Å². The fourth-order valence-electron chi connectivity index (χ4n) is 3.43. The van der Waals surface area contributed by atoms with E-state index in [0.717, 1.165) is 22.9 Å². The maximum absolute atomic E-state index is 5.74. The van der Waals surface area contributed by atoms with Crippen LogP contribution in [0.2, 0.25) is 0 Å². The Morgan fingerprint density at radius 2 is 1.92 bits per heavy atom. The van der Waals surface area contributed by atoms with Gasteiger partial charge in [-0.25, -0.2) is 0 Å². The molecule has 132 valence electrons. The average Bonchev–Trinajstić information content (AvgIpc) is 3.25. The quantitative estimate of drug-likeness (QED) is 0.631. The number of thiophene rings is 1. The number of rotatable bonds is 4. The van der Waals surface area contributed by atoms with Crippen molar-refractivity contribution in [3.8, 4) is 0 Å². The molecular weight excluding hydrogens is 358 g/mol. The van der Waals surface area contributed by atoms with Crippen LogP contribution >= 0.6 is 23.6 Å². The van der Waals surface area contributed by atoms with E-state index in [2.05, 4.69) is 71.5 Å². The number of hydrogen-bond acceptors (Lipinski definition) is 3. The van der Waals surface area contributed by atoms with Gasteiger partial charge in [-0.1, -0.05) is 25.1 Å². The maximum atomic E-state index is 5.74. The van der Waals surface area contributed by atoms with Crippen molar-refractivity contribution in [2.45, 2.75) is 32.4 Å². The van der Waals surface area contributed by atoms with Gasteiger partial charge in [-0.05, 0) is 67.5 Å². The summed E-state index contributed by atoms with van der Waals surface area (Å²) in [6, 6.07) is 19.3. The highest BCUT2D eigenvalue weighted by molar-refractivity contribution is 7.80. The number of benzene rings is 1. The monoisotopic (exact) mass is 379 g/mol. The summed E-state index contributed by atoms with van der Waals surface area (Å²) < 4.78 is 0. The van der Waals surface area contributed by atoms with Crippen LogP contribution in [0.3, 0.4) is 0 Å². The average molecular weight is 380 g/mol. The van der Waals surface area contributed by atoms with E-state index in [1.54, 1.807) is 0 Å². The molecule has 3 aromatic rings. The first-order valence-corrected chi connectivity index (χ1v) is 10.1. The first-order chi connectivity index (χ1) is 12.7. The van der Waals surface area contributed by atoms with Crippen molar-refractivity contribution >= 4 is 34.4 Å². The Morgan fingerprint density at radius 1 is 1.12 bits per heavy atom. The third kappa shape index (κ3) is 3.13. The van der Waals surface area contributed by atoms with Gasteiger partial charge in [0.25, 0.3) is 0 Å². The van der Waals surface area contributed by atoms with Crippen molar-refractivity contribution < 1.29 is 0 Å². The molecule has 0 amide bonds. The van der Waals surface area contributed by atoms with Crippen LogP contribution in [0.4, 0.5) is 5.69 Å². The van der Waals surface area contributed by atoms with Crippen LogP contribution in [-0.4, -0.2) is 10.1 Å². The summed E-state index contributed by atoms with van der Waals surface area (Å²) >= 11 is 7.56. The van der Waals surface area contributed by atoms with Gasteiger partial charge in [0.05, 0.1) is 17.8 Å². The number of aryl methyl sites for hydroxylation is 2. The number of anilines is 1. The largest absolute Gasteiger partial charge is 0.351 e.